The maximum atomic E-state index is 14.8. The standard InChI is InChI=1S/C30H31ClF4N4O3/c1-28(2,3)42-27(41)39-13-11-38(12-14-39)26(40)37-29(18-20-7-5-4-6-8-20,25-10-9-23(31)19-36-25)21-15-22(30(33,34)35)17-24(32)16-21/h4-10,15-17,19H,11-14,18H2,1-3H3,(H,37,40)/t29-/m0/s1. The first-order valence-corrected chi connectivity index (χ1v) is 13.6. The van der Waals surface area contributed by atoms with Crippen molar-refractivity contribution in [3.63, 3.8) is 0 Å². The molecule has 7 nitrogen and oxygen atoms in total. The monoisotopic (exact) mass is 606 g/mol. The Morgan fingerprint density at radius 2 is 1.55 bits per heavy atom. The Morgan fingerprint density at radius 1 is 0.929 bits per heavy atom. The number of carbonyl (C=O) groups excluding carboxylic acids is 2. The first-order chi connectivity index (χ1) is 19.7. The molecule has 0 unspecified atom stereocenters. The van der Waals surface area contributed by atoms with E-state index in [0.717, 1.165) is 12.1 Å². The molecule has 3 aromatic rings. The third kappa shape index (κ3) is 7.50. The van der Waals surface area contributed by atoms with Crippen LogP contribution in [0, 0.1) is 5.82 Å². The summed E-state index contributed by atoms with van der Waals surface area (Å²) >= 11 is 6.08. The molecular formula is C30H31ClF4N4O3. The van der Waals surface area contributed by atoms with Gasteiger partial charge in [-0.25, -0.2) is 14.0 Å². The molecule has 2 heterocycles. The summed E-state index contributed by atoms with van der Waals surface area (Å²) in [5, 5.41) is 3.17. The number of rotatable bonds is 5. The normalized spacial score (nSPS) is 15.6. The van der Waals surface area contributed by atoms with Crippen LogP contribution < -0.4 is 5.32 Å². The van der Waals surface area contributed by atoms with Gasteiger partial charge < -0.3 is 19.9 Å². The molecule has 0 saturated carbocycles. The number of carbonyl (C=O) groups is 2. The number of pyridine rings is 1. The van der Waals surface area contributed by atoms with Crippen molar-refractivity contribution >= 4 is 23.7 Å². The molecule has 1 aliphatic rings. The molecule has 1 aromatic heterocycles. The molecule has 0 aliphatic carbocycles. The number of hydrogen-bond acceptors (Lipinski definition) is 4. The number of nitrogens with one attached hydrogen (secondary N) is 1. The second-order valence-electron chi connectivity index (χ2n) is 11.0. The van der Waals surface area contributed by atoms with Crippen molar-refractivity contribution in [1.82, 2.24) is 20.1 Å². The fraction of sp³-hybridized carbons (Fsp3) is 0.367. The molecule has 1 fully saturated rings. The molecule has 0 bridgehead atoms. The Labute approximate surface area is 246 Å². The van der Waals surface area contributed by atoms with Crippen molar-refractivity contribution in [3.05, 3.63) is 100 Å². The van der Waals surface area contributed by atoms with Gasteiger partial charge in [-0.3, -0.25) is 4.98 Å². The molecule has 224 valence electrons. The second kappa shape index (κ2) is 12.2. The summed E-state index contributed by atoms with van der Waals surface area (Å²) in [6, 6.07) is 13.3. The zero-order chi connectivity index (χ0) is 30.7. The fourth-order valence-corrected chi connectivity index (χ4v) is 4.84. The molecule has 1 saturated heterocycles. The average Bonchev–Trinajstić information content (AvgIpc) is 2.92. The Bertz CT molecular complexity index is 1410. The van der Waals surface area contributed by atoms with Gasteiger partial charge in [-0.05, 0) is 62.2 Å². The Balaban J connectivity index is 1.75. The van der Waals surface area contributed by atoms with Crippen LogP contribution in [-0.4, -0.2) is 58.7 Å². The van der Waals surface area contributed by atoms with Gasteiger partial charge in [0.2, 0.25) is 0 Å². The van der Waals surface area contributed by atoms with Gasteiger partial charge >= 0.3 is 18.3 Å². The average molecular weight is 607 g/mol. The summed E-state index contributed by atoms with van der Waals surface area (Å²) in [4.78, 5) is 33.6. The van der Waals surface area contributed by atoms with Gasteiger partial charge in [-0.15, -0.1) is 0 Å². The number of alkyl halides is 3. The minimum absolute atomic E-state index is 0.0488. The van der Waals surface area contributed by atoms with Crippen LogP contribution >= 0.6 is 11.6 Å². The molecule has 1 aliphatic heterocycles. The lowest BCUT2D eigenvalue weighted by molar-refractivity contribution is -0.137. The summed E-state index contributed by atoms with van der Waals surface area (Å²) in [5.41, 5.74) is -2.95. The summed E-state index contributed by atoms with van der Waals surface area (Å²) < 4.78 is 61.8. The van der Waals surface area contributed by atoms with E-state index < -0.39 is 40.8 Å². The number of halogens is 5. The van der Waals surface area contributed by atoms with Crippen LogP contribution in [0.5, 0.6) is 0 Å². The largest absolute Gasteiger partial charge is 0.444 e. The smallest absolute Gasteiger partial charge is 0.416 e. The van der Waals surface area contributed by atoms with Gasteiger partial charge in [0.15, 0.2) is 0 Å². The van der Waals surface area contributed by atoms with Gasteiger partial charge in [0.1, 0.15) is 17.0 Å². The second-order valence-corrected chi connectivity index (χ2v) is 11.5. The third-order valence-electron chi connectivity index (χ3n) is 6.73. The van der Waals surface area contributed by atoms with Crippen LogP contribution in [0.25, 0.3) is 0 Å². The van der Waals surface area contributed by atoms with Crippen molar-refractivity contribution < 1.29 is 31.9 Å². The first-order valence-electron chi connectivity index (χ1n) is 13.3. The fourth-order valence-electron chi connectivity index (χ4n) is 4.73. The third-order valence-corrected chi connectivity index (χ3v) is 6.96. The zero-order valence-electron chi connectivity index (χ0n) is 23.3. The Kier molecular flexibility index (Phi) is 9.01. The number of aromatic nitrogens is 1. The van der Waals surface area contributed by atoms with Gasteiger partial charge in [0, 0.05) is 38.8 Å². The molecule has 0 radical (unpaired) electrons. The van der Waals surface area contributed by atoms with Crippen LogP contribution in [0.3, 0.4) is 0 Å². The highest BCUT2D eigenvalue weighted by atomic mass is 35.5. The van der Waals surface area contributed by atoms with E-state index >= 15 is 0 Å². The van der Waals surface area contributed by atoms with E-state index in [1.807, 2.05) is 0 Å². The quantitative estimate of drug-likeness (QED) is 0.330. The van der Waals surface area contributed by atoms with E-state index in [0.29, 0.717) is 11.6 Å². The van der Waals surface area contributed by atoms with Crippen molar-refractivity contribution in [3.8, 4) is 0 Å². The van der Waals surface area contributed by atoms with Crippen molar-refractivity contribution in [1.29, 1.82) is 0 Å². The van der Waals surface area contributed by atoms with Gasteiger partial charge in [0.25, 0.3) is 0 Å². The highest BCUT2D eigenvalue weighted by Crippen LogP contribution is 2.38. The van der Waals surface area contributed by atoms with Gasteiger partial charge in [0.05, 0.1) is 16.3 Å². The maximum Gasteiger partial charge on any atom is 0.416 e. The summed E-state index contributed by atoms with van der Waals surface area (Å²) in [5.74, 6) is -1.12. The number of hydrogen-bond donors (Lipinski definition) is 1. The number of ether oxygens (including phenoxy) is 1. The molecule has 2 aromatic carbocycles. The number of urea groups is 1. The number of amides is 3. The molecule has 42 heavy (non-hydrogen) atoms. The van der Waals surface area contributed by atoms with E-state index in [4.69, 9.17) is 16.3 Å². The minimum atomic E-state index is -4.84. The highest BCUT2D eigenvalue weighted by molar-refractivity contribution is 6.30. The van der Waals surface area contributed by atoms with Crippen molar-refractivity contribution in [2.45, 2.75) is 44.5 Å². The zero-order valence-corrected chi connectivity index (χ0v) is 24.1. The Morgan fingerprint density at radius 3 is 2.12 bits per heavy atom. The molecule has 12 heteroatoms. The summed E-state index contributed by atoms with van der Waals surface area (Å²) in [6.07, 6.45) is -4.09. The Hall–Kier alpha value is -3.86. The number of piperazine rings is 1. The molecule has 1 N–H and O–H groups in total. The predicted octanol–water partition coefficient (Wildman–Crippen LogP) is 6.64. The predicted molar refractivity (Wildman–Crippen MR) is 149 cm³/mol. The van der Waals surface area contributed by atoms with E-state index in [-0.39, 0.29) is 48.9 Å². The van der Waals surface area contributed by atoms with Crippen LogP contribution in [0.2, 0.25) is 5.02 Å². The van der Waals surface area contributed by atoms with E-state index in [1.54, 1.807) is 51.1 Å². The number of nitrogens with zero attached hydrogens (tertiary/aromatic N) is 3. The molecule has 4 rings (SSSR count). The number of benzene rings is 2. The summed E-state index contributed by atoms with van der Waals surface area (Å²) in [6.45, 7) is 5.90. The first kappa shape index (κ1) is 31.1. The van der Waals surface area contributed by atoms with Crippen LogP contribution in [0.15, 0.2) is 66.9 Å². The van der Waals surface area contributed by atoms with Gasteiger partial charge in [-0.1, -0.05) is 41.9 Å². The topological polar surface area (TPSA) is 74.8 Å². The van der Waals surface area contributed by atoms with Crippen LogP contribution in [0.4, 0.5) is 27.2 Å². The molecular weight excluding hydrogens is 576 g/mol. The lowest BCUT2D eigenvalue weighted by Gasteiger charge is -2.40. The van der Waals surface area contributed by atoms with E-state index in [1.165, 1.54) is 28.1 Å². The summed E-state index contributed by atoms with van der Waals surface area (Å²) in [7, 11) is 0. The highest BCUT2D eigenvalue weighted by Gasteiger charge is 2.42. The van der Waals surface area contributed by atoms with Crippen LogP contribution in [0.1, 0.15) is 43.2 Å². The molecule has 3 amide bonds. The van der Waals surface area contributed by atoms with Crippen molar-refractivity contribution in [2.24, 2.45) is 0 Å². The lowest BCUT2D eigenvalue weighted by atomic mass is 9.79. The maximum absolute atomic E-state index is 14.8. The molecule has 1 atom stereocenters. The SMILES string of the molecule is CC(C)(C)OC(=O)N1CCN(C(=O)N[C@@](Cc2ccccc2)(c2cc(F)cc(C(F)(F)F)c2)c2ccc(Cl)cn2)CC1. The van der Waals surface area contributed by atoms with Gasteiger partial charge in [-0.2, -0.15) is 13.2 Å². The van der Waals surface area contributed by atoms with Crippen molar-refractivity contribution in [2.75, 3.05) is 26.2 Å². The molecule has 0 spiro atoms. The minimum Gasteiger partial charge on any atom is -0.444 e. The van der Waals surface area contributed by atoms with E-state index in [2.05, 4.69) is 10.3 Å². The van der Waals surface area contributed by atoms with E-state index in [9.17, 15) is 27.2 Å². The lowest BCUT2D eigenvalue weighted by Crippen LogP contribution is -2.58. The van der Waals surface area contributed by atoms with Crippen LogP contribution in [-0.2, 0) is 22.9 Å².